The van der Waals surface area contributed by atoms with Gasteiger partial charge >= 0.3 is 0 Å². The molecule has 0 heterocycles. The van der Waals surface area contributed by atoms with Gasteiger partial charge in [0.2, 0.25) is 5.91 Å². The Hall–Kier alpha value is -1.46. The van der Waals surface area contributed by atoms with Crippen molar-refractivity contribution in [3.05, 3.63) is 30.1 Å². The predicted molar refractivity (Wildman–Crippen MR) is 68.7 cm³/mol. The molecule has 0 radical (unpaired) electrons. The number of carbonyl (C=O) groups excluding carboxylic acids is 1. The fourth-order valence-electron chi connectivity index (χ4n) is 1.38. The second kappa shape index (κ2) is 7.08. The molecule has 3 N–H and O–H groups in total. The van der Waals surface area contributed by atoms with Gasteiger partial charge in [0.15, 0.2) is 0 Å². The van der Waals surface area contributed by atoms with Crippen LogP contribution in [0.4, 0.5) is 10.1 Å². The van der Waals surface area contributed by atoms with Crippen molar-refractivity contribution in [1.82, 2.24) is 5.32 Å². The Kier molecular flexibility index (Phi) is 5.74. The second-order valence-electron chi connectivity index (χ2n) is 4.39. The zero-order chi connectivity index (χ0) is 13.5. The van der Waals surface area contributed by atoms with Crippen LogP contribution in [0.2, 0.25) is 0 Å². The maximum absolute atomic E-state index is 12.9. The molecule has 2 atom stereocenters. The lowest BCUT2D eigenvalue weighted by Gasteiger charge is -2.18. The quantitative estimate of drug-likeness (QED) is 0.718. The third-order valence-electron chi connectivity index (χ3n) is 2.83. The molecular formula is C13H19FN2O2. The number of carbonyl (C=O) groups is 1. The van der Waals surface area contributed by atoms with Gasteiger partial charge in [-0.1, -0.05) is 13.0 Å². The van der Waals surface area contributed by atoms with Crippen molar-refractivity contribution in [1.29, 1.82) is 0 Å². The zero-order valence-corrected chi connectivity index (χ0v) is 10.6. The van der Waals surface area contributed by atoms with Crippen LogP contribution in [0.1, 0.15) is 13.8 Å². The summed E-state index contributed by atoms with van der Waals surface area (Å²) in [6.45, 7) is 3.99. The maximum Gasteiger partial charge on any atom is 0.238 e. The average molecular weight is 254 g/mol. The van der Waals surface area contributed by atoms with Gasteiger partial charge in [-0.05, 0) is 31.0 Å². The minimum atomic E-state index is -0.386. The van der Waals surface area contributed by atoms with Gasteiger partial charge < -0.3 is 15.7 Å². The molecular weight excluding hydrogens is 235 g/mol. The maximum atomic E-state index is 12.9. The molecule has 1 aromatic rings. The molecule has 0 aliphatic carbocycles. The molecule has 0 aliphatic rings. The van der Waals surface area contributed by atoms with E-state index in [4.69, 9.17) is 5.11 Å². The third kappa shape index (κ3) is 4.81. The number of hydrogen-bond donors (Lipinski definition) is 3. The summed E-state index contributed by atoms with van der Waals surface area (Å²) in [7, 11) is 0. The predicted octanol–water partition coefficient (Wildman–Crippen LogP) is 1.37. The molecule has 1 rings (SSSR count). The first-order chi connectivity index (χ1) is 8.52. The number of benzene rings is 1. The molecule has 0 aromatic heterocycles. The lowest BCUT2D eigenvalue weighted by Crippen LogP contribution is -2.39. The highest BCUT2D eigenvalue weighted by atomic mass is 19.1. The van der Waals surface area contributed by atoms with Gasteiger partial charge in [0, 0.05) is 18.3 Å². The number of hydrogen-bond acceptors (Lipinski definition) is 3. The van der Waals surface area contributed by atoms with Gasteiger partial charge in [-0.2, -0.15) is 0 Å². The summed E-state index contributed by atoms with van der Waals surface area (Å²) in [4.78, 5) is 11.6. The van der Waals surface area contributed by atoms with E-state index in [1.165, 1.54) is 18.2 Å². The summed E-state index contributed by atoms with van der Waals surface area (Å²) in [5.74, 6) is -0.549. The normalized spacial score (nSPS) is 14.0. The smallest absolute Gasteiger partial charge is 0.238 e. The van der Waals surface area contributed by atoms with E-state index < -0.39 is 0 Å². The second-order valence-corrected chi connectivity index (χ2v) is 4.39. The lowest BCUT2D eigenvalue weighted by atomic mass is 10.1. The van der Waals surface area contributed by atoms with E-state index in [1.807, 2.05) is 13.8 Å². The molecule has 4 nitrogen and oxygen atoms in total. The summed E-state index contributed by atoms with van der Waals surface area (Å²) in [5, 5.41) is 14.5. The van der Waals surface area contributed by atoms with Crippen LogP contribution in [0, 0.1) is 11.7 Å². The Morgan fingerprint density at radius 2 is 2.17 bits per heavy atom. The van der Waals surface area contributed by atoms with E-state index in [1.54, 1.807) is 6.07 Å². The Morgan fingerprint density at radius 3 is 2.78 bits per heavy atom. The SMILES string of the molecule is CC(CO)C(C)NCC(=O)Nc1cccc(F)c1. The standard InChI is InChI=1S/C13H19FN2O2/c1-9(8-17)10(2)15-7-13(18)16-12-5-3-4-11(14)6-12/h3-6,9-10,15,17H,7-8H2,1-2H3,(H,16,18). The molecule has 18 heavy (non-hydrogen) atoms. The van der Waals surface area contributed by atoms with E-state index in [2.05, 4.69) is 10.6 Å². The minimum Gasteiger partial charge on any atom is -0.396 e. The number of amides is 1. The summed E-state index contributed by atoms with van der Waals surface area (Å²) in [5.41, 5.74) is 0.435. The molecule has 2 unspecified atom stereocenters. The van der Waals surface area contributed by atoms with Crippen LogP contribution in [0.3, 0.4) is 0 Å². The van der Waals surface area contributed by atoms with Crippen LogP contribution < -0.4 is 10.6 Å². The summed E-state index contributed by atoms with van der Waals surface area (Å²) < 4.78 is 12.9. The molecule has 0 aliphatic heterocycles. The van der Waals surface area contributed by atoms with Gasteiger partial charge in [-0.25, -0.2) is 4.39 Å². The highest BCUT2D eigenvalue weighted by Gasteiger charge is 2.12. The topological polar surface area (TPSA) is 61.4 Å². The van der Waals surface area contributed by atoms with Crippen molar-refractivity contribution in [2.45, 2.75) is 19.9 Å². The average Bonchev–Trinajstić information content (AvgIpc) is 2.35. The molecule has 0 spiro atoms. The molecule has 0 saturated carbocycles. The first-order valence-electron chi connectivity index (χ1n) is 5.92. The van der Waals surface area contributed by atoms with E-state index in [0.717, 1.165) is 0 Å². The molecule has 0 fully saturated rings. The van der Waals surface area contributed by atoms with Gasteiger partial charge in [0.25, 0.3) is 0 Å². The number of nitrogens with one attached hydrogen (secondary N) is 2. The number of halogens is 1. The molecule has 1 aromatic carbocycles. The summed E-state index contributed by atoms with van der Waals surface area (Å²) in [6.07, 6.45) is 0. The number of aliphatic hydroxyl groups is 1. The van der Waals surface area contributed by atoms with Crippen LogP contribution in [0.5, 0.6) is 0 Å². The van der Waals surface area contributed by atoms with Gasteiger partial charge in [-0.3, -0.25) is 4.79 Å². The monoisotopic (exact) mass is 254 g/mol. The van der Waals surface area contributed by atoms with E-state index in [-0.39, 0.29) is 36.8 Å². The Labute approximate surface area is 106 Å². The lowest BCUT2D eigenvalue weighted by molar-refractivity contribution is -0.115. The number of anilines is 1. The fourth-order valence-corrected chi connectivity index (χ4v) is 1.38. The van der Waals surface area contributed by atoms with Crippen LogP contribution in [0.15, 0.2) is 24.3 Å². The van der Waals surface area contributed by atoms with E-state index in [0.29, 0.717) is 5.69 Å². The zero-order valence-electron chi connectivity index (χ0n) is 10.6. The van der Waals surface area contributed by atoms with Crippen LogP contribution in [-0.4, -0.2) is 30.2 Å². The third-order valence-corrected chi connectivity index (χ3v) is 2.83. The molecule has 100 valence electrons. The van der Waals surface area contributed by atoms with E-state index in [9.17, 15) is 9.18 Å². The van der Waals surface area contributed by atoms with Gasteiger partial charge in [0.1, 0.15) is 5.82 Å². The molecule has 1 amide bonds. The largest absolute Gasteiger partial charge is 0.396 e. The van der Waals surface area contributed by atoms with Crippen molar-refractivity contribution in [3.63, 3.8) is 0 Å². The highest BCUT2D eigenvalue weighted by molar-refractivity contribution is 5.92. The number of aliphatic hydroxyl groups excluding tert-OH is 1. The number of rotatable bonds is 6. The molecule has 0 saturated heterocycles. The first kappa shape index (κ1) is 14.6. The van der Waals surface area contributed by atoms with Crippen LogP contribution >= 0.6 is 0 Å². The van der Waals surface area contributed by atoms with Crippen molar-refractivity contribution in [3.8, 4) is 0 Å². The van der Waals surface area contributed by atoms with Crippen LogP contribution in [0.25, 0.3) is 0 Å². The van der Waals surface area contributed by atoms with Gasteiger partial charge in [-0.15, -0.1) is 0 Å². The fraction of sp³-hybridized carbons (Fsp3) is 0.462. The summed E-state index contributed by atoms with van der Waals surface area (Å²) >= 11 is 0. The van der Waals surface area contributed by atoms with Crippen molar-refractivity contribution in [2.24, 2.45) is 5.92 Å². The Balaban J connectivity index is 2.38. The molecule has 5 heteroatoms. The van der Waals surface area contributed by atoms with Crippen molar-refractivity contribution in [2.75, 3.05) is 18.5 Å². The van der Waals surface area contributed by atoms with Crippen molar-refractivity contribution < 1.29 is 14.3 Å². The summed E-state index contributed by atoms with van der Waals surface area (Å²) in [6, 6.07) is 5.78. The highest BCUT2D eigenvalue weighted by Crippen LogP contribution is 2.08. The van der Waals surface area contributed by atoms with E-state index >= 15 is 0 Å². The Bertz CT molecular complexity index is 398. The molecule has 0 bridgehead atoms. The Morgan fingerprint density at radius 1 is 1.44 bits per heavy atom. The van der Waals surface area contributed by atoms with Crippen LogP contribution in [-0.2, 0) is 4.79 Å². The first-order valence-corrected chi connectivity index (χ1v) is 5.92. The van der Waals surface area contributed by atoms with Crippen molar-refractivity contribution >= 4 is 11.6 Å². The van der Waals surface area contributed by atoms with Gasteiger partial charge in [0.05, 0.1) is 6.54 Å². The minimum absolute atomic E-state index is 0.0354.